The van der Waals surface area contributed by atoms with Gasteiger partial charge in [0.05, 0.1) is 35.9 Å². The average molecular weight is 515 g/mol. The fraction of sp³-hybridized carbons (Fsp3) is 0.353. The summed E-state index contributed by atoms with van der Waals surface area (Å²) in [6.07, 6.45) is 14.0. The number of hydrogen-bond donors (Lipinski definition) is 0. The number of anilines is 2. The van der Waals surface area contributed by atoms with Crippen LogP contribution in [0.4, 0.5) is 11.4 Å². The number of nitrogens with zero attached hydrogens (tertiary/aromatic N) is 4. The lowest BCUT2D eigenvalue weighted by atomic mass is 9.83. The molecule has 2 fully saturated rings. The smallest absolute Gasteiger partial charge is 0.148 e. The van der Waals surface area contributed by atoms with Gasteiger partial charge in [0.1, 0.15) is 11.3 Å². The van der Waals surface area contributed by atoms with Gasteiger partial charge >= 0.3 is 0 Å². The molecule has 0 radical (unpaired) electrons. The van der Waals surface area contributed by atoms with E-state index < -0.39 is 0 Å². The molecular weight excluding hydrogens is 480 g/mol. The zero-order valence-corrected chi connectivity index (χ0v) is 22.2. The zero-order valence-electron chi connectivity index (χ0n) is 22.2. The van der Waals surface area contributed by atoms with Crippen molar-refractivity contribution in [1.29, 1.82) is 0 Å². The molecule has 3 aromatic carbocycles. The van der Waals surface area contributed by atoms with Crippen molar-refractivity contribution in [2.24, 2.45) is 10.2 Å². The monoisotopic (exact) mass is 514 g/mol. The molecule has 4 aliphatic rings. The topological polar surface area (TPSA) is 44.3 Å². The highest BCUT2D eigenvalue weighted by molar-refractivity contribution is 5.92. The lowest BCUT2D eigenvalue weighted by molar-refractivity contribution is 0.389. The third kappa shape index (κ3) is 3.90. The number of hydrogen-bond acceptors (Lipinski definition) is 5. The zero-order chi connectivity index (χ0) is 25.8. The highest BCUT2D eigenvalue weighted by atomic mass is 16.3. The molecule has 5 nitrogen and oxygen atoms in total. The molecule has 1 aromatic heterocycles. The van der Waals surface area contributed by atoms with Gasteiger partial charge in [0, 0.05) is 17.2 Å². The van der Waals surface area contributed by atoms with Crippen LogP contribution in [0.5, 0.6) is 0 Å². The van der Waals surface area contributed by atoms with Crippen molar-refractivity contribution in [3.05, 3.63) is 95.2 Å². The van der Waals surface area contributed by atoms with Gasteiger partial charge in [-0.25, -0.2) is 0 Å². The summed E-state index contributed by atoms with van der Waals surface area (Å²) in [6, 6.07) is 27.0. The van der Waals surface area contributed by atoms with Gasteiger partial charge in [0.25, 0.3) is 0 Å². The Balaban J connectivity index is 1.05. The van der Waals surface area contributed by atoms with Crippen LogP contribution in [0.3, 0.4) is 0 Å². The van der Waals surface area contributed by atoms with Crippen molar-refractivity contribution in [1.82, 2.24) is 0 Å². The fourth-order valence-electron chi connectivity index (χ4n) is 7.67. The largest absolute Gasteiger partial charge is 0.455 e. The second kappa shape index (κ2) is 9.41. The van der Waals surface area contributed by atoms with E-state index in [1.165, 1.54) is 73.9 Å². The first-order valence-electron chi connectivity index (χ1n) is 14.7. The molecule has 0 bridgehead atoms. The Labute approximate surface area is 229 Å². The SMILES string of the molecule is C(=NN1c2ccccc2C2CCCCC21)c1ccc2cc(C=NN3c4ccccc4C4CCCCC43)oc2c1. The van der Waals surface area contributed by atoms with Crippen LogP contribution in [-0.4, -0.2) is 24.5 Å². The first-order valence-corrected chi connectivity index (χ1v) is 14.7. The molecule has 0 amide bonds. The lowest BCUT2D eigenvalue weighted by Crippen LogP contribution is -2.32. The highest BCUT2D eigenvalue weighted by Crippen LogP contribution is 2.49. The van der Waals surface area contributed by atoms with E-state index in [-0.39, 0.29) is 0 Å². The number of benzene rings is 3. The van der Waals surface area contributed by atoms with Crippen LogP contribution in [0, 0.1) is 0 Å². The Kier molecular flexibility index (Phi) is 5.56. The highest BCUT2D eigenvalue weighted by Gasteiger charge is 2.40. The van der Waals surface area contributed by atoms with E-state index >= 15 is 0 Å². The van der Waals surface area contributed by atoms with E-state index in [9.17, 15) is 0 Å². The summed E-state index contributed by atoms with van der Waals surface area (Å²) >= 11 is 0. The van der Waals surface area contributed by atoms with Crippen molar-refractivity contribution >= 4 is 34.8 Å². The number of hydrazone groups is 2. The minimum Gasteiger partial charge on any atom is -0.455 e. The number of fused-ring (bicyclic) bond motifs is 7. The Morgan fingerprint density at radius 1 is 0.641 bits per heavy atom. The van der Waals surface area contributed by atoms with Crippen LogP contribution in [0.1, 0.15) is 85.7 Å². The quantitative estimate of drug-likeness (QED) is 0.258. The predicted molar refractivity (Wildman–Crippen MR) is 159 cm³/mol. The second-order valence-corrected chi connectivity index (χ2v) is 11.7. The molecule has 3 heterocycles. The molecule has 4 aromatic rings. The second-order valence-electron chi connectivity index (χ2n) is 11.7. The molecule has 196 valence electrons. The summed E-state index contributed by atoms with van der Waals surface area (Å²) in [5, 5.41) is 15.6. The molecule has 8 rings (SSSR count). The van der Waals surface area contributed by atoms with Crippen molar-refractivity contribution in [3.63, 3.8) is 0 Å². The Bertz CT molecular complexity index is 1510. The van der Waals surface area contributed by atoms with Gasteiger partial charge in [0.15, 0.2) is 0 Å². The summed E-state index contributed by atoms with van der Waals surface area (Å²) in [4.78, 5) is 0. The maximum Gasteiger partial charge on any atom is 0.148 e. The summed E-state index contributed by atoms with van der Waals surface area (Å²) in [5.41, 5.74) is 7.36. The van der Waals surface area contributed by atoms with Crippen LogP contribution in [0.2, 0.25) is 0 Å². The first kappa shape index (κ1) is 23.1. The molecule has 5 heteroatoms. The average Bonchev–Trinajstić information content (AvgIpc) is 3.65. The number of furan rings is 1. The molecular formula is C34H34N4O. The van der Waals surface area contributed by atoms with Gasteiger partial charge in [-0.05, 0) is 66.6 Å². The standard InChI is InChI=1S/C34H34N4O/c1-5-13-30-26(9-1)27-10-2-6-14-31(27)37(30)35-21-23-17-18-24-20-25(39-34(24)19-23)22-36-38-32-15-7-3-11-28(32)29-12-4-8-16-33(29)38/h1,3,5,7,9,11,13,15,17-22,27,29,31,33H,2,4,6,8,10,12,14,16H2. The van der Waals surface area contributed by atoms with Gasteiger partial charge in [-0.1, -0.05) is 74.2 Å². The Hall–Kier alpha value is -3.86. The van der Waals surface area contributed by atoms with E-state index in [0.717, 1.165) is 22.3 Å². The minimum absolute atomic E-state index is 0.457. The van der Waals surface area contributed by atoms with Crippen LogP contribution in [-0.2, 0) is 0 Å². The molecule has 0 saturated heterocycles. The summed E-state index contributed by atoms with van der Waals surface area (Å²) in [5.74, 6) is 1.98. The third-order valence-corrected chi connectivity index (χ3v) is 9.46. The van der Waals surface area contributed by atoms with E-state index in [1.54, 1.807) is 0 Å². The molecule has 2 aliphatic carbocycles. The van der Waals surface area contributed by atoms with Crippen molar-refractivity contribution in [2.75, 3.05) is 10.0 Å². The van der Waals surface area contributed by atoms with Crippen molar-refractivity contribution in [2.45, 2.75) is 75.3 Å². The Morgan fingerprint density at radius 3 is 1.90 bits per heavy atom. The van der Waals surface area contributed by atoms with E-state index in [2.05, 4.69) is 82.8 Å². The molecule has 4 atom stereocenters. The number of rotatable bonds is 4. The molecule has 4 unspecified atom stereocenters. The maximum absolute atomic E-state index is 6.26. The van der Waals surface area contributed by atoms with Crippen LogP contribution in [0.25, 0.3) is 11.0 Å². The van der Waals surface area contributed by atoms with E-state index in [4.69, 9.17) is 14.6 Å². The van der Waals surface area contributed by atoms with Crippen LogP contribution >= 0.6 is 0 Å². The molecule has 39 heavy (non-hydrogen) atoms. The normalized spacial score (nSPS) is 25.8. The van der Waals surface area contributed by atoms with Crippen LogP contribution in [0.15, 0.2) is 87.4 Å². The predicted octanol–water partition coefficient (Wildman–Crippen LogP) is 8.19. The van der Waals surface area contributed by atoms with Gasteiger partial charge in [-0.15, -0.1) is 0 Å². The van der Waals surface area contributed by atoms with Crippen molar-refractivity contribution in [3.8, 4) is 0 Å². The van der Waals surface area contributed by atoms with Crippen molar-refractivity contribution < 1.29 is 4.42 Å². The first-order chi connectivity index (χ1) is 19.3. The maximum atomic E-state index is 6.26. The van der Waals surface area contributed by atoms with Gasteiger partial charge < -0.3 is 4.42 Å². The van der Waals surface area contributed by atoms with Gasteiger partial charge in [0.2, 0.25) is 0 Å². The van der Waals surface area contributed by atoms with Gasteiger partial charge in [-0.3, -0.25) is 10.0 Å². The summed E-state index contributed by atoms with van der Waals surface area (Å²) in [7, 11) is 0. The minimum atomic E-state index is 0.457. The molecule has 2 saturated carbocycles. The Morgan fingerprint density at radius 2 is 1.23 bits per heavy atom. The summed E-state index contributed by atoms with van der Waals surface area (Å²) in [6.45, 7) is 0. The van der Waals surface area contributed by atoms with Crippen LogP contribution < -0.4 is 10.0 Å². The van der Waals surface area contributed by atoms with Gasteiger partial charge in [-0.2, -0.15) is 10.2 Å². The number of para-hydroxylation sites is 2. The van der Waals surface area contributed by atoms with E-state index in [0.29, 0.717) is 23.9 Å². The fourth-order valence-corrected chi connectivity index (χ4v) is 7.67. The van der Waals surface area contributed by atoms with E-state index in [1.807, 2.05) is 12.4 Å². The third-order valence-electron chi connectivity index (χ3n) is 9.46. The molecule has 2 aliphatic heterocycles. The summed E-state index contributed by atoms with van der Waals surface area (Å²) < 4.78 is 6.26. The molecule has 0 spiro atoms. The lowest BCUT2D eigenvalue weighted by Gasteiger charge is -2.30. The molecule has 0 N–H and O–H groups in total.